The van der Waals surface area contributed by atoms with E-state index in [1.165, 1.54) is 0 Å². The third-order valence-electron chi connectivity index (χ3n) is 3.95. The minimum atomic E-state index is -0.359. The number of aromatic nitrogens is 2. The van der Waals surface area contributed by atoms with Gasteiger partial charge < -0.3 is 15.7 Å². The van der Waals surface area contributed by atoms with Crippen molar-refractivity contribution in [2.75, 3.05) is 11.9 Å². The van der Waals surface area contributed by atoms with Crippen LogP contribution in [0.2, 0.25) is 0 Å². The lowest BCUT2D eigenvalue weighted by Crippen LogP contribution is -2.23. The van der Waals surface area contributed by atoms with E-state index in [9.17, 15) is 5.11 Å². The molecule has 0 aliphatic heterocycles. The van der Waals surface area contributed by atoms with E-state index in [1.54, 1.807) is 13.1 Å². The molecule has 1 aromatic carbocycles. The summed E-state index contributed by atoms with van der Waals surface area (Å²) in [6.45, 7) is 5.04. The first-order valence-corrected chi connectivity index (χ1v) is 8.98. The second kappa shape index (κ2) is 7.91. The second-order valence-corrected chi connectivity index (χ2v) is 6.95. The van der Waals surface area contributed by atoms with Crippen LogP contribution in [0.15, 0.2) is 47.2 Å². The van der Waals surface area contributed by atoms with E-state index >= 15 is 0 Å². The molecular weight excluding hydrogens is 380 g/mol. The van der Waals surface area contributed by atoms with E-state index in [1.807, 2.05) is 30.5 Å². The lowest BCUT2D eigenvalue weighted by atomic mass is 10.1. The van der Waals surface area contributed by atoms with E-state index in [4.69, 9.17) is 0 Å². The van der Waals surface area contributed by atoms with Crippen molar-refractivity contribution in [3.63, 3.8) is 0 Å². The summed E-state index contributed by atoms with van der Waals surface area (Å²) in [4.78, 5) is 9.04. The van der Waals surface area contributed by atoms with Crippen LogP contribution >= 0.6 is 15.9 Å². The first kappa shape index (κ1) is 17.8. The summed E-state index contributed by atoms with van der Waals surface area (Å²) < 4.78 is 1.05. The normalized spacial score (nSPS) is 12.3. The third kappa shape index (κ3) is 4.34. The number of halogens is 1. The molecule has 0 amide bonds. The van der Waals surface area contributed by atoms with Crippen LogP contribution in [0.3, 0.4) is 0 Å². The molecule has 6 heteroatoms. The van der Waals surface area contributed by atoms with Crippen molar-refractivity contribution in [1.82, 2.24) is 15.3 Å². The number of anilines is 2. The van der Waals surface area contributed by atoms with E-state index < -0.39 is 0 Å². The molecule has 0 aliphatic rings. The maximum Gasteiger partial charge on any atom is 0.156 e. The zero-order chi connectivity index (χ0) is 17.8. The summed E-state index contributed by atoms with van der Waals surface area (Å²) in [6, 6.07) is 10.1. The average Bonchev–Trinajstić information content (AvgIpc) is 2.59. The predicted octanol–water partition coefficient (Wildman–Crippen LogP) is 3.91. The van der Waals surface area contributed by atoms with E-state index in [0.29, 0.717) is 13.1 Å². The summed E-state index contributed by atoms with van der Waals surface area (Å²) in [5.41, 5.74) is 4.03. The van der Waals surface area contributed by atoms with Gasteiger partial charge >= 0.3 is 0 Å². The molecule has 3 rings (SSSR count). The molecule has 1 unspecified atom stereocenters. The molecule has 0 saturated heterocycles. The minimum Gasteiger partial charge on any atom is -0.392 e. The number of fused-ring (bicyclic) bond motifs is 1. The zero-order valence-electron chi connectivity index (χ0n) is 14.3. The van der Waals surface area contributed by atoms with Gasteiger partial charge in [0, 0.05) is 41.0 Å². The number of aliphatic hydroxyl groups is 1. The highest BCUT2D eigenvalue weighted by molar-refractivity contribution is 9.10. The van der Waals surface area contributed by atoms with Crippen LogP contribution in [0.25, 0.3) is 10.9 Å². The Kier molecular flexibility index (Phi) is 5.63. The topological polar surface area (TPSA) is 70.1 Å². The SMILES string of the molecule is Cc1c(Br)cccc1Nc1nccc2cc(CNCC(C)O)cnc12. The van der Waals surface area contributed by atoms with Gasteiger partial charge in [0.15, 0.2) is 5.82 Å². The first-order valence-electron chi connectivity index (χ1n) is 8.19. The molecular formula is C19H21BrN4O. The van der Waals surface area contributed by atoms with Crippen molar-refractivity contribution < 1.29 is 5.11 Å². The maximum absolute atomic E-state index is 9.32. The van der Waals surface area contributed by atoms with Gasteiger partial charge in [-0.1, -0.05) is 22.0 Å². The molecule has 3 N–H and O–H groups in total. The number of aliphatic hydroxyl groups excluding tert-OH is 1. The van der Waals surface area contributed by atoms with Gasteiger partial charge in [0.2, 0.25) is 0 Å². The summed E-state index contributed by atoms with van der Waals surface area (Å²) >= 11 is 3.55. The van der Waals surface area contributed by atoms with Gasteiger partial charge in [-0.25, -0.2) is 4.98 Å². The Labute approximate surface area is 155 Å². The minimum absolute atomic E-state index is 0.359. The Bertz CT molecular complexity index is 882. The average molecular weight is 401 g/mol. The molecule has 0 bridgehead atoms. The third-order valence-corrected chi connectivity index (χ3v) is 4.80. The van der Waals surface area contributed by atoms with Gasteiger partial charge in [0.05, 0.1) is 6.10 Å². The molecule has 3 aromatic rings. The quantitative estimate of drug-likeness (QED) is 0.584. The second-order valence-electron chi connectivity index (χ2n) is 6.09. The number of hydrogen-bond acceptors (Lipinski definition) is 5. The first-order chi connectivity index (χ1) is 12.0. The van der Waals surface area contributed by atoms with Gasteiger partial charge in [-0.2, -0.15) is 0 Å². The van der Waals surface area contributed by atoms with E-state index in [-0.39, 0.29) is 6.10 Å². The number of benzene rings is 1. The number of nitrogens with zero attached hydrogens (tertiary/aromatic N) is 2. The highest BCUT2D eigenvalue weighted by Gasteiger charge is 2.08. The Morgan fingerprint density at radius 3 is 2.88 bits per heavy atom. The highest BCUT2D eigenvalue weighted by Crippen LogP contribution is 2.28. The Balaban J connectivity index is 1.86. The van der Waals surface area contributed by atoms with Crippen LogP contribution in [0.4, 0.5) is 11.5 Å². The molecule has 1 atom stereocenters. The fraction of sp³-hybridized carbons (Fsp3) is 0.263. The molecule has 130 valence electrons. The van der Waals surface area contributed by atoms with Crippen molar-refractivity contribution in [3.05, 3.63) is 58.3 Å². The number of hydrogen-bond donors (Lipinski definition) is 3. The van der Waals surface area contributed by atoms with Gasteiger partial charge in [-0.15, -0.1) is 0 Å². The predicted molar refractivity (Wildman–Crippen MR) is 105 cm³/mol. The van der Waals surface area contributed by atoms with Gasteiger partial charge in [-0.05, 0) is 49.2 Å². The Morgan fingerprint density at radius 1 is 1.24 bits per heavy atom. The molecule has 5 nitrogen and oxygen atoms in total. The lowest BCUT2D eigenvalue weighted by molar-refractivity contribution is 0.191. The van der Waals surface area contributed by atoms with Gasteiger partial charge in [0.25, 0.3) is 0 Å². The summed E-state index contributed by atoms with van der Waals surface area (Å²) in [7, 11) is 0. The number of pyridine rings is 2. The highest BCUT2D eigenvalue weighted by atomic mass is 79.9. The molecule has 25 heavy (non-hydrogen) atoms. The van der Waals surface area contributed by atoms with Crippen molar-refractivity contribution in [2.24, 2.45) is 0 Å². The van der Waals surface area contributed by atoms with Gasteiger partial charge in [-0.3, -0.25) is 4.98 Å². The van der Waals surface area contributed by atoms with E-state index in [0.717, 1.165) is 38.0 Å². The molecule has 0 radical (unpaired) electrons. The number of rotatable bonds is 6. The van der Waals surface area contributed by atoms with Crippen LogP contribution in [0, 0.1) is 6.92 Å². The van der Waals surface area contributed by atoms with Gasteiger partial charge in [0.1, 0.15) is 5.52 Å². The van der Waals surface area contributed by atoms with Crippen LogP contribution in [-0.2, 0) is 6.54 Å². The summed E-state index contributed by atoms with van der Waals surface area (Å²) in [6.07, 6.45) is 3.27. The summed E-state index contributed by atoms with van der Waals surface area (Å²) in [5.74, 6) is 0.738. The maximum atomic E-state index is 9.32. The number of nitrogens with one attached hydrogen (secondary N) is 2. The smallest absolute Gasteiger partial charge is 0.156 e. The monoisotopic (exact) mass is 400 g/mol. The largest absolute Gasteiger partial charge is 0.392 e. The van der Waals surface area contributed by atoms with Crippen LogP contribution in [0.1, 0.15) is 18.1 Å². The molecule has 0 saturated carbocycles. The van der Waals surface area contributed by atoms with Crippen molar-refractivity contribution >= 4 is 38.3 Å². The van der Waals surface area contributed by atoms with Crippen LogP contribution < -0.4 is 10.6 Å². The molecule has 0 aliphatic carbocycles. The molecule has 2 aromatic heterocycles. The zero-order valence-corrected chi connectivity index (χ0v) is 15.8. The summed E-state index contributed by atoms with van der Waals surface area (Å²) in [5, 5.41) is 16.9. The lowest BCUT2D eigenvalue weighted by Gasteiger charge is -2.12. The Hall–Kier alpha value is -2.02. The molecule has 2 heterocycles. The van der Waals surface area contributed by atoms with Crippen LogP contribution in [-0.4, -0.2) is 27.7 Å². The molecule has 0 fully saturated rings. The van der Waals surface area contributed by atoms with Crippen molar-refractivity contribution in [3.8, 4) is 0 Å². The Morgan fingerprint density at radius 2 is 2.08 bits per heavy atom. The standard InChI is InChI=1S/C19H21BrN4O/c1-12(25)9-21-10-14-8-15-6-7-22-19(18(15)23-11-14)24-17-5-3-4-16(20)13(17)2/h3-8,11-12,21,25H,9-10H2,1-2H3,(H,22,24). The van der Waals surface area contributed by atoms with Crippen molar-refractivity contribution in [1.29, 1.82) is 0 Å². The van der Waals surface area contributed by atoms with E-state index in [2.05, 4.69) is 49.5 Å². The fourth-order valence-corrected chi connectivity index (χ4v) is 2.96. The van der Waals surface area contributed by atoms with Crippen molar-refractivity contribution in [2.45, 2.75) is 26.5 Å². The van der Waals surface area contributed by atoms with Crippen LogP contribution in [0.5, 0.6) is 0 Å². The fourth-order valence-electron chi connectivity index (χ4n) is 2.59. The molecule has 0 spiro atoms.